The summed E-state index contributed by atoms with van der Waals surface area (Å²) in [5.74, 6) is 0.122. The number of carbonyl (C=O) groups is 1. The van der Waals surface area contributed by atoms with E-state index in [0.717, 1.165) is 11.4 Å². The summed E-state index contributed by atoms with van der Waals surface area (Å²) in [7, 11) is 1.89. The van der Waals surface area contributed by atoms with Crippen LogP contribution < -0.4 is 5.32 Å². The van der Waals surface area contributed by atoms with Gasteiger partial charge in [0.15, 0.2) is 0 Å². The molecule has 1 atom stereocenters. The first kappa shape index (κ1) is 17.9. The third-order valence-electron chi connectivity index (χ3n) is 4.74. The number of rotatable bonds is 4. The van der Waals surface area contributed by atoms with Gasteiger partial charge in [0.25, 0.3) is 5.91 Å². The van der Waals surface area contributed by atoms with Gasteiger partial charge >= 0.3 is 0 Å². The van der Waals surface area contributed by atoms with Crippen molar-refractivity contribution in [2.75, 3.05) is 0 Å². The molecule has 5 nitrogen and oxygen atoms in total. The van der Waals surface area contributed by atoms with Crippen molar-refractivity contribution in [1.29, 1.82) is 0 Å². The molecule has 2 aromatic carbocycles. The lowest BCUT2D eigenvalue weighted by Crippen LogP contribution is -2.31. The molecule has 0 fully saturated rings. The fraction of sp³-hybridized carbons (Fsp3) is 0.136. The number of fused-ring (bicyclic) bond motifs is 1. The third-order valence-corrected chi connectivity index (χ3v) is 4.74. The number of nitrogens with one attached hydrogen (secondary N) is 1. The Morgan fingerprint density at radius 3 is 2.64 bits per heavy atom. The zero-order valence-electron chi connectivity index (χ0n) is 15.6. The molecule has 6 heteroatoms. The summed E-state index contributed by atoms with van der Waals surface area (Å²) in [6.07, 6.45) is 3.55. The molecular formula is C22H19FN4O. The van der Waals surface area contributed by atoms with Crippen LogP contribution in [0.2, 0.25) is 0 Å². The molecule has 2 aromatic heterocycles. The van der Waals surface area contributed by atoms with E-state index in [2.05, 4.69) is 15.3 Å². The second kappa shape index (κ2) is 7.23. The lowest BCUT2D eigenvalue weighted by atomic mass is 10.0. The summed E-state index contributed by atoms with van der Waals surface area (Å²) < 4.78 is 15.3. The summed E-state index contributed by atoms with van der Waals surface area (Å²) in [4.78, 5) is 21.9. The van der Waals surface area contributed by atoms with Crippen molar-refractivity contribution in [3.05, 3.63) is 95.5 Å². The molecular weight excluding hydrogens is 355 g/mol. The highest BCUT2D eigenvalue weighted by Gasteiger charge is 2.22. The highest BCUT2D eigenvalue weighted by Crippen LogP contribution is 2.23. The predicted octanol–water partition coefficient (Wildman–Crippen LogP) is 3.94. The van der Waals surface area contributed by atoms with Crippen molar-refractivity contribution in [3.8, 4) is 0 Å². The summed E-state index contributed by atoms with van der Waals surface area (Å²) in [5.41, 5.74) is 2.45. The molecule has 1 amide bonds. The van der Waals surface area contributed by atoms with Crippen LogP contribution in [0.1, 0.15) is 33.5 Å². The quantitative estimate of drug-likeness (QED) is 0.589. The minimum absolute atomic E-state index is 0.256. The van der Waals surface area contributed by atoms with Crippen molar-refractivity contribution in [2.24, 2.45) is 7.05 Å². The Hall–Kier alpha value is -3.54. The standard InChI is InChI=1S/C22H19FN4O/c1-14-18(12-16-8-9-17(23)13-19(16)25-14)22(28)26-20(15-6-4-3-5-7-15)21-24-10-11-27(21)2/h3-13,20H,1-2H3,(H,26,28). The second-order valence-corrected chi connectivity index (χ2v) is 6.67. The Kier molecular flexibility index (Phi) is 4.61. The molecule has 0 saturated heterocycles. The highest BCUT2D eigenvalue weighted by atomic mass is 19.1. The zero-order valence-corrected chi connectivity index (χ0v) is 15.6. The smallest absolute Gasteiger partial charge is 0.253 e. The maximum Gasteiger partial charge on any atom is 0.253 e. The maximum absolute atomic E-state index is 13.5. The van der Waals surface area contributed by atoms with Crippen LogP contribution in [0.5, 0.6) is 0 Å². The lowest BCUT2D eigenvalue weighted by molar-refractivity contribution is 0.0940. The summed E-state index contributed by atoms with van der Waals surface area (Å²) in [6, 6.07) is 15.4. The van der Waals surface area contributed by atoms with E-state index in [-0.39, 0.29) is 11.7 Å². The first-order chi connectivity index (χ1) is 13.5. The predicted molar refractivity (Wildman–Crippen MR) is 105 cm³/mol. The average Bonchev–Trinajstić information content (AvgIpc) is 3.11. The minimum atomic E-state index is -0.406. The fourth-order valence-corrected chi connectivity index (χ4v) is 3.27. The molecule has 0 radical (unpaired) electrons. The van der Waals surface area contributed by atoms with Crippen LogP contribution in [0.4, 0.5) is 4.39 Å². The first-order valence-corrected chi connectivity index (χ1v) is 8.93. The van der Waals surface area contributed by atoms with Crippen LogP contribution in [-0.4, -0.2) is 20.4 Å². The van der Waals surface area contributed by atoms with Crippen molar-refractivity contribution in [3.63, 3.8) is 0 Å². The maximum atomic E-state index is 13.5. The van der Waals surface area contributed by atoms with E-state index in [1.165, 1.54) is 12.1 Å². The molecule has 1 N–H and O–H groups in total. The van der Waals surface area contributed by atoms with E-state index in [9.17, 15) is 9.18 Å². The van der Waals surface area contributed by atoms with Gasteiger partial charge < -0.3 is 9.88 Å². The highest BCUT2D eigenvalue weighted by molar-refractivity contribution is 5.99. The molecule has 140 valence electrons. The monoisotopic (exact) mass is 374 g/mol. The number of hydrogen-bond donors (Lipinski definition) is 1. The number of nitrogens with zero attached hydrogens (tertiary/aromatic N) is 3. The first-order valence-electron chi connectivity index (χ1n) is 8.93. The largest absolute Gasteiger partial charge is 0.338 e. The van der Waals surface area contributed by atoms with Gasteiger partial charge in [0, 0.05) is 30.9 Å². The Bertz CT molecular complexity index is 1150. The zero-order chi connectivity index (χ0) is 19.7. The number of imidazole rings is 1. The third kappa shape index (κ3) is 3.36. The molecule has 0 aliphatic rings. The number of hydrogen-bond acceptors (Lipinski definition) is 3. The number of benzene rings is 2. The summed E-state index contributed by atoms with van der Waals surface area (Å²) in [5, 5.41) is 3.79. The van der Waals surface area contributed by atoms with E-state index in [0.29, 0.717) is 22.2 Å². The van der Waals surface area contributed by atoms with E-state index in [1.807, 2.05) is 48.1 Å². The molecule has 0 aliphatic carbocycles. The van der Waals surface area contributed by atoms with Gasteiger partial charge in [-0.05, 0) is 30.7 Å². The van der Waals surface area contributed by atoms with Gasteiger partial charge in [0.1, 0.15) is 17.7 Å². The Morgan fingerprint density at radius 1 is 1.14 bits per heavy atom. The van der Waals surface area contributed by atoms with Gasteiger partial charge in [0.05, 0.1) is 16.8 Å². The van der Waals surface area contributed by atoms with E-state index in [4.69, 9.17) is 0 Å². The van der Waals surface area contributed by atoms with Crippen molar-refractivity contribution in [1.82, 2.24) is 19.9 Å². The molecule has 1 unspecified atom stereocenters. The molecule has 28 heavy (non-hydrogen) atoms. The van der Waals surface area contributed by atoms with Crippen LogP contribution >= 0.6 is 0 Å². The van der Waals surface area contributed by atoms with E-state index < -0.39 is 6.04 Å². The number of halogens is 1. The van der Waals surface area contributed by atoms with Gasteiger partial charge in [-0.15, -0.1) is 0 Å². The van der Waals surface area contributed by atoms with Gasteiger partial charge in [-0.1, -0.05) is 30.3 Å². The van der Waals surface area contributed by atoms with Gasteiger partial charge in [-0.25, -0.2) is 9.37 Å². The van der Waals surface area contributed by atoms with Crippen LogP contribution in [-0.2, 0) is 7.05 Å². The van der Waals surface area contributed by atoms with Crippen molar-refractivity contribution in [2.45, 2.75) is 13.0 Å². The molecule has 0 aliphatic heterocycles. The average molecular weight is 374 g/mol. The Balaban J connectivity index is 1.72. The number of aryl methyl sites for hydroxylation is 2. The Morgan fingerprint density at radius 2 is 1.93 bits per heavy atom. The molecule has 0 bridgehead atoms. The van der Waals surface area contributed by atoms with Crippen LogP contribution in [0.15, 0.2) is 67.0 Å². The van der Waals surface area contributed by atoms with Crippen molar-refractivity contribution < 1.29 is 9.18 Å². The Labute approximate surface area is 161 Å². The topological polar surface area (TPSA) is 59.8 Å². The number of amides is 1. The number of carbonyl (C=O) groups excluding carboxylic acids is 1. The fourth-order valence-electron chi connectivity index (χ4n) is 3.27. The van der Waals surface area contributed by atoms with Crippen molar-refractivity contribution >= 4 is 16.8 Å². The van der Waals surface area contributed by atoms with Gasteiger partial charge in [-0.3, -0.25) is 9.78 Å². The van der Waals surface area contributed by atoms with Gasteiger partial charge in [-0.2, -0.15) is 0 Å². The molecule has 0 saturated carbocycles. The summed E-state index contributed by atoms with van der Waals surface area (Å²) >= 11 is 0. The molecule has 4 aromatic rings. The normalized spacial score (nSPS) is 12.1. The molecule has 4 rings (SSSR count). The van der Waals surface area contributed by atoms with Crippen LogP contribution in [0.25, 0.3) is 10.9 Å². The SMILES string of the molecule is Cc1nc2cc(F)ccc2cc1C(=O)NC(c1ccccc1)c1nccn1C. The van der Waals surface area contributed by atoms with E-state index >= 15 is 0 Å². The molecule has 2 heterocycles. The second-order valence-electron chi connectivity index (χ2n) is 6.67. The van der Waals surface area contributed by atoms with Crippen LogP contribution in [0.3, 0.4) is 0 Å². The number of pyridine rings is 1. The lowest BCUT2D eigenvalue weighted by Gasteiger charge is -2.20. The number of aromatic nitrogens is 3. The minimum Gasteiger partial charge on any atom is -0.338 e. The molecule has 0 spiro atoms. The van der Waals surface area contributed by atoms with Gasteiger partial charge in [0.2, 0.25) is 0 Å². The van der Waals surface area contributed by atoms with E-state index in [1.54, 1.807) is 25.3 Å². The summed E-state index contributed by atoms with van der Waals surface area (Å²) in [6.45, 7) is 1.75. The van der Waals surface area contributed by atoms with Crippen LogP contribution in [0, 0.1) is 12.7 Å².